The molecule has 0 spiro atoms. The standard InChI is InChI=1S/C30H36N4O2/c35-30(34-14-5-1-6-15-34)29-21-24-20-25(11-12-28(24)36-29)33-18-16-32(17-19-33)13-7-4-8-23-22-31-27-10-3-2-9-26(23)27/h2-3,9-12,20-22,31H,1,4-8,13-19H2. The SMILES string of the molecule is O=C(c1cc2cc(N3CCN(CCCCc4c[nH]c5ccccc45)CC3)ccc2o1)N1CCCCC1. The average molecular weight is 485 g/mol. The zero-order chi connectivity index (χ0) is 24.3. The quantitative estimate of drug-likeness (QED) is 0.343. The number of rotatable bonds is 7. The van der Waals surface area contributed by atoms with Crippen molar-refractivity contribution in [3.05, 3.63) is 66.1 Å². The number of anilines is 1. The van der Waals surface area contributed by atoms with Gasteiger partial charge in [-0.05, 0) is 81.0 Å². The molecule has 1 amide bonds. The first-order valence-electron chi connectivity index (χ1n) is 13.6. The summed E-state index contributed by atoms with van der Waals surface area (Å²) >= 11 is 0. The van der Waals surface area contributed by atoms with E-state index in [-0.39, 0.29) is 5.91 Å². The lowest BCUT2D eigenvalue weighted by Gasteiger charge is -2.36. The smallest absolute Gasteiger partial charge is 0.289 e. The molecule has 0 radical (unpaired) electrons. The number of carbonyl (C=O) groups is 1. The van der Waals surface area contributed by atoms with Crippen molar-refractivity contribution in [3.8, 4) is 0 Å². The summed E-state index contributed by atoms with van der Waals surface area (Å²) in [5, 5.41) is 2.39. The number of amides is 1. The summed E-state index contributed by atoms with van der Waals surface area (Å²) in [6.07, 6.45) is 9.15. The number of H-pyrrole nitrogens is 1. The number of nitrogens with one attached hydrogen (secondary N) is 1. The molecule has 0 aliphatic carbocycles. The van der Waals surface area contributed by atoms with E-state index in [2.05, 4.69) is 57.4 Å². The number of aryl methyl sites for hydroxylation is 1. The van der Waals surface area contributed by atoms with Gasteiger partial charge in [0.1, 0.15) is 5.58 Å². The number of para-hydroxylation sites is 1. The molecular formula is C30H36N4O2. The Kier molecular flexibility index (Phi) is 6.69. The number of aromatic nitrogens is 1. The molecule has 36 heavy (non-hydrogen) atoms. The largest absolute Gasteiger partial charge is 0.451 e. The molecule has 2 saturated heterocycles. The van der Waals surface area contributed by atoms with E-state index in [9.17, 15) is 4.79 Å². The van der Waals surface area contributed by atoms with Crippen molar-refractivity contribution >= 4 is 33.5 Å². The molecule has 2 aromatic heterocycles. The van der Waals surface area contributed by atoms with Crippen LogP contribution < -0.4 is 4.90 Å². The molecule has 4 heterocycles. The fourth-order valence-corrected chi connectivity index (χ4v) is 5.80. The first kappa shape index (κ1) is 23.2. The highest BCUT2D eigenvalue weighted by Crippen LogP contribution is 2.27. The van der Waals surface area contributed by atoms with Crippen molar-refractivity contribution in [2.24, 2.45) is 0 Å². The van der Waals surface area contributed by atoms with Crippen LogP contribution >= 0.6 is 0 Å². The van der Waals surface area contributed by atoms with Gasteiger partial charge in [-0.15, -0.1) is 0 Å². The number of likely N-dealkylation sites (tertiary alicyclic amines) is 1. The number of piperidine rings is 1. The molecule has 0 atom stereocenters. The fraction of sp³-hybridized carbons (Fsp3) is 0.433. The van der Waals surface area contributed by atoms with Crippen LogP contribution in [-0.4, -0.2) is 66.5 Å². The Morgan fingerprint density at radius 2 is 1.72 bits per heavy atom. The summed E-state index contributed by atoms with van der Waals surface area (Å²) in [7, 11) is 0. The molecule has 188 valence electrons. The maximum atomic E-state index is 12.8. The molecule has 6 nitrogen and oxygen atoms in total. The van der Waals surface area contributed by atoms with Gasteiger partial charge in [-0.2, -0.15) is 0 Å². The number of hydrogen-bond acceptors (Lipinski definition) is 4. The van der Waals surface area contributed by atoms with E-state index < -0.39 is 0 Å². The minimum absolute atomic E-state index is 0.0331. The molecule has 2 aliphatic rings. The van der Waals surface area contributed by atoms with E-state index in [1.54, 1.807) is 0 Å². The van der Waals surface area contributed by atoms with Gasteiger partial charge >= 0.3 is 0 Å². The molecule has 2 aromatic carbocycles. The highest BCUT2D eigenvalue weighted by Gasteiger charge is 2.22. The van der Waals surface area contributed by atoms with Crippen molar-refractivity contribution in [2.75, 3.05) is 50.7 Å². The second kappa shape index (κ2) is 10.4. The number of aromatic amines is 1. The van der Waals surface area contributed by atoms with Crippen LogP contribution in [0.25, 0.3) is 21.9 Å². The van der Waals surface area contributed by atoms with Crippen LogP contribution in [0.4, 0.5) is 5.69 Å². The number of unbranched alkanes of at least 4 members (excludes halogenated alkanes) is 1. The zero-order valence-corrected chi connectivity index (χ0v) is 21.0. The lowest BCUT2D eigenvalue weighted by atomic mass is 10.1. The third-order valence-corrected chi connectivity index (χ3v) is 7.94. The van der Waals surface area contributed by atoms with Crippen LogP contribution in [-0.2, 0) is 6.42 Å². The molecule has 0 saturated carbocycles. The number of carbonyl (C=O) groups excluding carboxylic acids is 1. The maximum Gasteiger partial charge on any atom is 0.289 e. The van der Waals surface area contributed by atoms with E-state index in [1.165, 1.54) is 48.0 Å². The van der Waals surface area contributed by atoms with Crippen LogP contribution in [0.5, 0.6) is 0 Å². The number of piperazine rings is 1. The Bertz CT molecular complexity index is 1330. The predicted molar refractivity (Wildman–Crippen MR) is 146 cm³/mol. The van der Waals surface area contributed by atoms with Gasteiger partial charge in [0.25, 0.3) is 5.91 Å². The monoisotopic (exact) mass is 484 g/mol. The number of nitrogens with zero attached hydrogens (tertiary/aromatic N) is 3. The van der Waals surface area contributed by atoms with Crippen molar-refractivity contribution in [3.63, 3.8) is 0 Å². The van der Waals surface area contributed by atoms with Crippen LogP contribution in [0.2, 0.25) is 0 Å². The van der Waals surface area contributed by atoms with Gasteiger partial charge in [0.05, 0.1) is 0 Å². The molecule has 1 N–H and O–H groups in total. The van der Waals surface area contributed by atoms with E-state index >= 15 is 0 Å². The van der Waals surface area contributed by atoms with Crippen LogP contribution in [0.3, 0.4) is 0 Å². The summed E-state index contributed by atoms with van der Waals surface area (Å²) in [6.45, 7) is 7.10. The third kappa shape index (κ3) is 4.87. The summed E-state index contributed by atoms with van der Waals surface area (Å²) in [5.41, 5.74) is 4.69. The summed E-state index contributed by atoms with van der Waals surface area (Å²) < 4.78 is 5.93. The predicted octanol–water partition coefficient (Wildman–Crippen LogP) is 5.69. The Morgan fingerprint density at radius 1 is 0.889 bits per heavy atom. The average Bonchev–Trinajstić information content (AvgIpc) is 3.55. The summed E-state index contributed by atoms with van der Waals surface area (Å²) in [6, 6.07) is 16.8. The number of hydrogen-bond donors (Lipinski definition) is 1. The Balaban J connectivity index is 0.995. The Labute approximate surface area is 212 Å². The first-order chi connectivity index (χ1) is 17.7. The van der Waals surface area contributed by atoms with Crippen LogP contribution in [0.1, 0.15) is 48.2 Å². The lowest BCUT2D eigenvalue weighted by molar-refractivity contribution is 0.0694. The van der Waals surface area contributed by atoms with Crippen LogP contribution in [0, 0.1) is 0 Å². The molecule has 2 fully saturated rings. The molecule has 6 heteroatoms. The number of benzene rings is 2. The van der Waals surface area contributed by atoms with Crippen molar-refractivity contribution in [1.29, 1.82) is 0 Å². The van der Waals surface area contributed by atoms with Gasteiger partial charge in [0.2, 0.25) is 0 Å². The minimum atomic E-state index is 0.0331. The molecular weight excluding hydrogens is 448 g/mol. The van der Waals surface area contributed by atoms with Crippen molar-refractivity contribution in [2.45, 2.75) is 38.5 Å². The van der Waals surface area contributed by atoms with Crippen molar-refractivity contribution < 1.29 is 9.21 Å². The second-order valence-corrected chi connectivity index (χ2v) is 10.3. The van der Waals surface area contributed by atoms with Gasteiger partial charge < -0.3 is 19.2 Å². The minimum Gasteiger partial charge on any atom is -0.451 e. The second-order valence-electron chi connectivity index (χ2n) is 10.3. The molecule has 6 rings (SSSR count). The van der Waals surface area contributed by atoms with Crippen LogP contribution in [0.15, 0.2) is 59.1 Å². The van der Waals surface area contributed by atoms with Gasteiger partial charge in [0, 0.05) is 67.4 Å². The highest BCUT2D eigenvalue weighted by molar-refractivity contribution is 5.96. The number of fused-ring (bicyclic) bond motifs is 2. The first-order valence-corrected chi connectivity index (χ1v) is 13.6. The topological polar surface area (TPSA) is 55.7 Å². The van der Waals surface area contributed by atoms with Gasteiger partial charge in [-0.3, -0.25) is 9.69 Å². The summed E-state index contributed by atoms with van der Waals surface area (Å²) in [4.78, 5) is 23.2. The normalized spacial score (nSPS) is 17.3. The van der Waals surface area contributed by atoms with E-state index in [0.717, 1.165) is 69.5 Å². The van der Waals surface area contributed by atoms with Gasteiger partial charge in [-0.1, -0.05) is 18.2 Å². The Hall–Kier alpha value is -3.25. The van der Waals surface area contributed by atoms with E-state index in [0.29, 0.717) is 5.76 Å². The third-order valence-electron chi connectivity index (χ3n) is 7.94. The molecule has 0 bridgehead atoms. The van der Waals surface area contributed by atoms with Gasteiger partial charge in [0.15, 0.2) is 5.76 Å². The zero-order valence-electron chi connectivity index (χ0n) is 21.0. The molecule has 0 unspecified atom stereocenters. The summed E-state index contributed by atoms with van der Waals surface area (Å²) in [5.74, 6) is 0.507. The van der Waals surface area contributed by atoms with E-state index in [4.69, 9.17) is 4.42 Å². The number of furan rings is 1. The highest BCUT2D eigenvalue weighted by atomic mass is 16.3. The van der Waals surface area contributed by atoms with Crippen molar-refractivity contribution in [1.82, 2.24) is 14.8 Å². The Morgan fingerprint density at radius 3 is 2.58 bits per heavy atom. The van der Waals surface area contributed by atoms with E-state index in [1.807, 2.05) is 17.0 Å². The maximum absolute atomic E-state index is 12.8. The molecule has 2 aliphatic heterocycles. The molecule has 4 aromatic rings. The fourth-order valence-electron chi connectivity index (χ4n) is 5.80. The van der Waals surface area contributed by atoms with Gasteiger partial charge in [-0.25, -0.2) is 0 Å². The lowest BCUT2D eigenvalue weighted by Crippen LogP contribution is -2.46.